The van der Waals surface area contributed by atoms with Gasteiger partial charge in [0.25, 0.3) is 5.91 Å². The van der Waals surface area contributed by atoms with Crippen LogP contribution in [0.25, 0.3) is 11.1 Å². The number of nitrogens with zero attached hydrogens (tertiary/aromatic N) is 2. The lowest BCUT2D eigenvalue weighted by molar-refractivity contribution is -0.133. The largest absolute Gasteiger partial charge is 0.444 e. The summed E-state index contributed by atoms with van der Waals surface area (Å²) in [7, 11) is 0. The predicted molar refractivity (Wildman–Crippen MR) is 152 cm³/mol. The van der Waals surface area contributed by atoms with Crippen molar-refractivity contribution < 1.29 is 28.2 Å². The number of carbonyl (C=O) groups excluding carboxylic acids is 3. The van der Waals surface area contributed by atoms with Crippen LogP contribution in [-0.4, -0.2) is 60.3 Å². The van der Waals surface area contributed by atoms with Crippen molar-refractivity contribution in [1.82, 2.24) is 10.2 Å². The highest BCUT2D eigenvalue weighted by Gasteiger charge is 2.31. The van der Waals surface area contributed by atoms with E-state index in [2.05, 4.69) is 10.6 Å². The lowest BCUT2D eigenvalue weighted by atomic mass is 9.94. The summed E-state index contributed by atoms with van der Waals surface area (Å²) in [5, 5.41) is 15.3. The highest BCUT2D eigenvalue weighted by molar-refractivity contribution is 5.91. The standard InChI is InChI=1S/C31H37FN4O5/c1-19(37)34-27-12-11-23(24-7-5-8-25(24)27)20-9-10-21(26(32)16-20)15-22(17-33)35-29(38)28-18-36(13-6-14-40-28)30(39)41-31(2,3)4/h9-12,16,22,28H,5-8,13-15,18H2,1-4H3,(H,34,37)(H,35,38)/t22?,28-/m0/s1. The fourth-order valence-corrected chi connectivity index (χ4v) is 5.25. The summed E-state index contributed by atoms with van der Waals surface area (Å²) in [5.41, 5.74) is 4.24. The summed E-state index contributed by atoms with van der Waals surface area (Å²) in [6.07, 6.45) is 1.66. The van der Waals surface area contributed by atoms with E-state index in [1.54, 1.807) is 26.8 Å². The van der Waals surface area contributed by atoms with Crippen molar-refractivity contribution >= 4 is 23.6 Å². The van der Waals surface area contributed by atoms with Gasteiger partial charge in [-0.2, -0.15) is 5.26 Å². The summed E-state index contributed by atoms with van der Waals surface area (Å²) in [6.45, 7) is 7.43. The number of nitrogens with one attached hydrogen (secondary N) is 2. The molecule has 1 heterocycles. The SMILES string of the molecule is CC(=O)Nc1ccc(-c2ccc(CC(C#N)NC(=O)[C@@H]3CN(C(=O)OC(C)(C)C)CCCO3)c(F)c2)c2c1CCC2. The van der Waals surface area contributed by atoms with Gasteiger partial charge in [-0.1, -0.05) is 18.2 Å². The van der Waals surface area contributed by atoms with Gasteiger partial charge in [0.15, 0.2) is 6.10 Å². The fourth-order valence-electron chi connectivity index (χ4n) is 5.25. The van der Waals surface area contributed by atoms with Crippen molar-refractivity contribution in [2.24, 2.45) is 0 Å². The fraction of sp³-hybridized carbons (Fsp3) is 0.484. The molecule has 1 saturated heterocycles. The van der Waals surface area contributed by atoms with E-state index in [9.17, 15) is 19.6 Å². The molecule has 2 atom stereocenters. The van der Waals surface area contributed by atoms with Crippen molar-refractivity contribution in [1.29, 1.82) is 5.26 Å². The normalized spacial score (nSPS) is 17.6. The smallest absolute Gasteiger partial charge is 0.410 e. The van der Waals surface area contributed by atoms with Crippen molar-refractivity contribution in [3.8, 4) is 17.2 Å². The first kappa shape index (κ1) is 30.0. The Balaban J connectivity index is 1.44. The number of anilines is 1. The second-order valence-electron chi connectivity index (χ2n) is 11.5. The van der Waals surface area contributed by atoms with Crippen molar-refractivity contribution in [3.05, 3.63) is 52.8 Å². The average molecular weight is 565 g/mol. The lowest BCUT2D eigenvalue weighted by Crippen LogP contribution is -2.48. The molecule has 3 amide bonds. The summed E-state index contributed by atoms with van der Waals surface area (Å²) in [6, 6.07) is 9.69. The van der Waals surface area contributed by atoms with Gasteiger partial charge in [0.1, 0.15) is 17.5 Å². The number of hydrogen-bond donors (Lipinski definition) is 2. The predicted octanol–water partition coefficient (Wildman–Crippen LogP) is 4.52. The molecular weight excluding hydrogens is 527 g/mol. The first-order valence-electron chi connectivity index (χ1n) is 14.0. The molecule has 10 heteroatoms. The monoisotopic (exact) mass is 564 g/mol. The minimum absolute atomic E-state index is 0.00694. The van der Waals surface area contributed by atoms with Gasteiger partial charge in [-0.15, -0.1) is 0 Å². The number of amides is 3. The van der Waals surface area contributed by atoms with Gasteiger partial charge >= 0.3 is 6.09 Å². The number of halogens is 1. The van der Waals surface area contributed by atoms with Crippen LogP contribution in [0, 0.1) is 17.1 Å². The van der Waals surface area contributed by atoms with Crippen LogP contribution in [0.4, 0.5) is 14.9 Å². The van der Waals surface area contributed by atoms with E-state index >= 15 is 4.39 Å². The number of fused-ring (bicyclic) bond motifs is 1. The summed E-state index contributed by atoms with van der Waals surface area (Å²) < 4.78 is 26.4. The molecule has 2 N–H and O–H groups in total. The Labute approximate surface area is 240 Å². The topological polar surface area (TPSA) is 121 Å². The molecule has 9 nitrogen and oxygen atoms in total. The molecule has 4 rings (SSSR count). The van der Waals surface area contributed by atoms with E-state index in [1.807, 2.05) is 24.3 Å². The summed E-state index contributed by atoms with van der Waals surface area (Å²) >= 11 is 0. The minimum Gasteiger partial charge on any atom is -0.444 e. The van der Waals surface area contributed by atoms with Gasteiger partial charge in [-0.05, 0) is 86.4 Å². The first-order valence-corrected chi connectivity index (χ1v) is 14.0. The van der Waals surface area contributed by atoms with Crippen LogP contribution < -0.4 is 10.6 Å². The Bertz CT molecular complexity index is 1360. The molecule has 218 valence electrons. The van der Waals surface area contributed by atoms with Crippen LogP contribution in [-0.2, 0) is 38.3 Å². The number of rotatable bonds is 6. The molecule has 1 aliphatic carbocycles. The second-order valence-corrected chi connectivity index (χ2v) is 11.5. The molecule has 41 heavy (non-hydrogen) atoms. The Kier molecular flexibility index (Phi) is 9.28. The Hall–Kier alpha value is -3.97. The summed E-state index contributed by atoms with van der Waals surface area (Å²) in [4.78, 5) is 38.6. The molecule has 0 saturated carbocycles. The van der Waals surface area contributed by atoms with Crippen LogP contribution in [0.2, 0.25) is 0 Å². The molecule has 0 radical (unpaired) electrons. The number of carbonyl (C=O) groups is 3. The molecule has 2 aromatic rings. The van der Waals surface area contributed by atoms with Crippen molar-refractivity contribution in [3.63, 3.8) is 0 Å². The zero-order chi connectivity index (χ0) is 29.7. The first-order chi connectivity index (χ1) is 19.4. The van der Waals surface area contributed by atoms with Crippen molar-refractivity contribution in [2.45, 2.75) is 77.5 Å². The quantitative estimate of drug-likeness (QED) is 0.533. The third-order valence-corrected chi connectivity index (χ3v) is 7.08. The van der Waals surface area contributed by atoms with E-state index in [0.717, 1.165) is 41.6 Å². The van der Waals surface area contributed by atoms with Gasteiger partial charge < -0.3 is 25.0 Å². The van der Waals surface area contributed by atoms with Gasteiger partial charge in [0.05, 0.1) is 12.6 Å². The summed E-state index contributed by atoms with van der Waals surface area (Å²) in [5.74, 6) is -1.15. The zero-order valence-corrected chi connectivity index (χ0v) is 24.0. The van der Waals surface area contributed by atoms with E-state index in [1.165, 1.54) is 17.9 Å². The molecule has 2 aliphatic rings. The van der Waals surface area contributed by atoms with Crippen LogP contribution in [0.5, 0.6) is 0 Å². The van der Waals surface area contributed by atoms with Crippen molar-refractivity contribution in [2.75, 3.05) is 25.0 Å². The molecular formula is C31H37FN4O5. The number of benzene rings is 2. The van der Waals surface area contributed by atoms with Crippen LogP contribution in [0.3, 0.4) is 0 Å². The van der Waals surface area contributed by atoms with Crippen LogP contribution in [0.1, 0.15) is 57.2 Å². The maximum Gasteiger partial charge on any atom is 0.410 e. The number of hydrogen-bond acceptors (Lipinski definition) is 6. The highest BCUT2D eigenvalue weighted by atomic mass is 19.1. The number of ether oxygens (including phenoxy) is 2. The maximum absolute atomic E-state index is 15.3. The highest BCUT2D eigenvalue weighted by Crippen LogP contribution is 2.37. The molecule has 0 spiro atoms. The maximum atomic E-state index is 15.3. The lowest BCUT2D eigenvalue weighted by Gasteiger charge is -2.27. The van der Waals surface area contributed by atoms with Gasteiger partial charge in [-0.25, -0.2) is 9.18 Å². The molecule has 1 aliphatic heterocycles. The third kappa shape index (κ3) is 7.61. The van der Waals surface area contributed by atoms with E-state index in [4.69, 9.17) is 9.47 Å². The van der Waals surface area contributed by atoms with Gasteiger partial charge in [0, 0.05) is 32.2 Å². The van der Waals surface area contributed by atoms with Gasteiger partial charge in [-0.3, -0.25) is 9.59 Å². The Morgan fingerprint density at radius 1 is 1.17 bits per heavy atom. The third-order valence-electron chi connectivity index (χ3n) is 7.08. The van der Waals surface area contributed by atoms with Crippen LogP contribution >= 0.6 is 0 Å². The molecule has 0 bridgehead atoms. The van der Waals surface area contributed by atoms with E-state index in [-0.39, 0.29) is 25.5 Å². The second kappa shape index (κ2) is 12.7. The average Bonchev–Trinajstić information content (AvgIpc) is 3.26. The van der Waals surface area contributed by atoms with E-state index in [0.29, 0.717) is 24.1 Å². The Morgan fingerprint density at radius 2 is 1.93 bits per heavy atom. The van der Waals surface area contributed by atoms with E-state index < -0.39 is 35.6 Å². The van der Waals surface area contributed by atoms with Crippen LogP contribution in [0.15, 0.2) is 30.3 Å². The molecule has 1 fully saturated rings. The van der Waals surface area contributed by atoms with Gasteiger partial charge in [0.2, 0.25) is 5.91 Å². The minimum atomic E-state index is -0.995. The molecule has 0 aromatic heterocycles. The zero-order valence-electron chi connectivity index (χ0n) is 24.0. The molecule has 2 aromatic carbocycles. The molecule has 1 unspecified atom stereocenters. The number of nitriles is 1. The Morgan fingerprint density at radius 3 is 2.61 bits per heavy atom.